The number of aryl methyl sites for hydroxylation is 1. The minimum absolute atomic E-state index is 0.199. The fraction of sp³-hybridized carbons (Fsp3) is 0.280. The SMILES string of the molecule is Cc1cc(/C=N\NC(=O)CC[C@@H](O)c2ccccc2)c(C)n1-c1ccc(N(C)C)cc1. The first-order valence-electron chi connectivity index (χ1n) is 10.4. The summed E-state index contributed by atoms with van der Waals surface area (Å²) < 4.78 is 2.17. The summed E-state index contributed by atoms with van der Waals surface area (Å²) in [6.07, 6.45) is 1.56. The van der Waals surface area contributed by atoms with Crippen LogP contribution >= 0.6 is 0 Å². The Kier molecular flexibility index (Phi) is 7.26. The second-order valence-corrected chi connectivity index (χ2v) is 7.83. The monoisotopic (exact) mass is 418 g/mol. The van der Waals surface area contributed by atoms with Crippen LogP contribution < -0.4 is 10.3 Å². The first-order chi connectivity index (χ1) is 14.9. The molecule has 6 nitrogen and oxygen atoms in total. The van der Waals surface area contributed by atoms with Gasteiger partial charge in [0.2, 0.25) is 5.91 Å². The molecule has 1 amide bonds. The molecule has 0 fully saturated rings. The van der Waals surface area contributed by atoms with Crippen LogP contribution in [0.2, 0.25) is 0 Å². The van der Waals surface area contributed by atoms with Gasteiger partial charge in [0.25, 0.3) is 0 Å². The Balaban J connectivity index is 1.60. The van der Waals surface area contributed by atoms with Gasteiger partial charge < -0.3 is 14.6 Å². The van der Waals surface area contributed by atoms with Crippen molar-refractivity contribution < 1.29 is 9.90 Å². The number of aromatic nitrogens is 1. The highest BCUT2D eigenvalue weighted by Gasteiger charge is 2.11. The Morgan fingerprint density at radius 2 is 1.81 bits per heavy atom. The van der Waals surface area contributed by atoms with Gasteiger partial charge in [-0.3, -0.25) is 4.79 Å². The number of rotatable bonds is 8. The zero-order valence-electron chi connectivity index (χ0n) is 18.5. The maximum absolute atomic E-state index is 12.1. The highest BCUT2D eigenvalue weighted by Crippen LogP contribution is 2.22. The number of amides is 1. The van der Waals surface area contributed by atoms with Crippen molar-refractivity contribution >= 4 is 17.8 Å². The zero-order valence-corrected chi connectivity index (χ0v) is 18.5. The predicted octanol–water partition coefficient (Wildman–Crippen LogP) is 4.12. The minimum atomic E-state index is -0.659. The molecule has 31 heavy (non-hydrogen) atoms. The molecule has 0 aliphatic carbocycles. The van der Waals surface area contributed by atoms with Gasteiger partial charge in [-0.15, -0.1) is 0 Å². The number of hydrogen-bond acceptors (Lipinski definition) is 4. The second kappa shape index (κ2) is 10.1. The van der Waals surface area contributed by atoms with Gasteiger partial charge in [0.1, 0.15) is 0 Å². The summed E-state index contributed by atoms with van der Waals surface area (Å²) in [6, 6.07) is 19.8. The number of carbonyl (C=O) groups is 1. The van der Waals surface area contributed by atoms with E-state index < -0.39 is 6.10 Å². The molecule has 0 bridgehead atoms. The Morgan fingerprint density at radius 3 is 2.45 bits per heavy atom. The van der Waals surface area contributed by atoms with Gasteiger partial charge in [-0.25, -0.2) is 5.43 Å². The normalized spacial score (nSPS) is 12.2. The lowest BCUT2D eigenvalue weighted by molar-refractivity contribution is -0.121. The van der Waals surface area contributed by atoms with E-state index in [2.05, 4.69) is 44.3 Å². The number of carbonyl (C=O) groups excluding carboxylic acids is 1. The van der Waals surface area contributed by atoms with Crippen LogP contribution in [0.25, 0.3) is 5.69 Å². The number of hydrogen-bond donors (Lipinski definition) is 2. The van der Waals surface area contributed by atoms with Crippen molar-refractivity contribution in [1.29, 1.82) is 0 Å². The van der Waals surface area contributed by atoms with E-state index in [0.717, 1.165) is 33.9 Å². The van der Waals surface area contributed by atoms with Gasteiger partial charge in [-0.1, -0.05) is 30.3 Å². The number of aliphatic hydroxyl groups is 1. The van der Waals surface area contributed by atoms with E-state index in [1.807, 2.05) is 64.3 Å². The molecular formula is C25H30N4O2. The van der Waals surface area contributed by atoms with Crippen LogP contribution in [0.3, 0.4) is 0 Å². The van der Waals surface area contributed by atoms with Gasteiger partial charge in [0, 0.05) is 48.8 Å². The summed E-state index contributed by atoms with van der Waals surface area (Å²) in [6.45, 7) is 4.08. The minimum Gasteiger partial charge on any atom is -0.388 e. The molecule has 2 N–H and O–H groups in total. The summed E-state index contributed by atoms with van der Waals surface area (Å²) in [4.78, 5) is 14.2. The average Bonchev–Trinajstić information content (AvgIpc) is 3.05. The van der Waals surface area contributed by atoms with Crippen molar-refractivity contribution in [2.45, 2.75) is 32.8 Å². The zero-order chi connectivity index (χ0) is 22.4. The molecule has 1 aromatic heterocycles. The van der Waals surface area contributed by atoms with Gasteiger partial charge >= 0.3 is 0 Å². The van der Waals surface area contributed by atoms with Gasteiger partial charge in [0.15, 0.2) is 0 Å². The van der Waals surface area contributed by atoms with Crippen molar-refractivity contribution in [3.8, 4) is 5.69 Å². The van der Waals surface area contributed by atoms with Crippen molar-refractivity contribution in [3.63, 3.8) is 0 Å². The number of benzene rings is 2. The number of hydrazone groups is 1. The van der Waals surface area contributed by atoms with Crippen LogP contribution in [0.15, 0.2) is 65.8 Å². The second-order valence-electron chi connectivity index (χ2n) is 7.83. The Labute approximate surface area is 183 Å². The molecule has 0 aliphatic heterocycles. The summed E-state index contributed by atoms with van der Waals surface area (Å²) in [7, 11) is 4.04. The smallest absolute Gasteiger partial charge is 0.240 e. The molecule has 3 aromatic rings. The van der Waals surface area contributed by atoms with Crippen LogP contribution in [0.1, 0.15) is 41.5 Å². The van der Waals surface area contributed by atoms with Crippen molar-refractivity contribution in [1.82, 2.24) is 9.99 Å². The largest absolute Gasteiger partial charge is 0.388 e. The molecule has 0 unspecified atom stereocenters. The third-order valence-corrected chi connectivity index (χ3v) is 5.32. The van der Waals surface area contributed by atoms with E-state index in [4.69, 9.17) is 0 Å². The van der Waals surface area contributed by atoms with Crippen LogP contribution in [0, 0.1) is 13.8 Å². The lowest BCUT2D eigenvalue weighted by Crippen LogP contribution is -2.18. The predicted molar refractivity (Wildman–Crippen MR) is 126 cm³/mol. The third-order valence-electron chi connectivity index (χ3n) is 5.32. The number of nitrogens with zero attached hydrogens (tertiary/aromatic N) is 3. The van der Waals surface area contributed by atoms with Crippen LogP contribution in [0.4, 0.5) is 5.69 Å². The molecule has 1 heterocycles. The van der Waals surface area contributed by atoms with E-state index in [-0.39, 0.29) is 12.3 Å². The van der Waals surface area contributed by atoms with Crippen molar-refractivity contribution in [3.05, 3.63) is 83.2 Å². The molecule has 0 saturated heterocycles. The van der Waals surface area contributed by atoms with E-state index in [0.29, 0.717) is 6.42 Å². The number of nitrogens with one attached hydrogen (secondary N) is 1. The van der Waals surface area contributed by atoms with E-state index in [1.165, 1.54) is 0 Å². The van der Waals surface area contributed by atoms with Crippen LogP contribution in [-0.4, -0.2) is 35.9 Å². The van der Waals surface area contributed by atoms with Gasteiger partial charge in [0.05, 0.1) is 12.3 Å². The topological polar surface area (TPSA) is 69.9 Å². The Bertz CT molecular complexity index is 1040. The maximum atomic E-state index is 12.1. The molecule has 6 heteroatoms. The van der Waals surface area contributed by atoms with Crippen molar-refractivity contribution in [2.75, 3.05) is 19.0 Å². The molecule has 162 valence electrons. The molecule has 0 saturated carbocycles. The molecule has 3 rings (SSSR count). The third kappa shape index (κ3) is 5.61. The average molecular weight is 419 g/mol. The van der Waals surface area contributed by atoms with E-state index >= 15 is 0 Å². The summed E-state index contributed by atoms with van der Waals surface area (Å²) >= 11 is 0. The molecule has 1 atom stereocenters. The molecule has 0 radical (unpaired) electrons. The lowest BCUT2D eigenvalue weighted by Gasteiger charge is -2.14. The summed E-state index contributed by atoms with van der Waals surface area (Å²) in [5, 5.41) is 14.3. The lowest BCUT2D eigenvalue weighted by atomic mass is 10.1. The van der Waals surface area contributed by atoms with Crippen molar-refractivity contribution in [2.24, 2.45) is 5.10 Å². The quantitative estimate of drug-likeness (QED) is 0.427. The van der Waals surface area contributed by atoms with Gasteiger partial charge in [-0.05, 0) is 56.2 Å². The van der Waals surface area contributed by atoms with Crippen LogP contribution in [0.5, 0.6) is 0 Å². The summed E-state index contributed by atoms with van der Waals surface area (Å²) in [5.74, 6) is -0.223. The molecule has 0 spiro atoms. The maximum Gasteiger partial charge on any atom is 0.240 e. The summed E-state index contributed by atoms with van der Waals surface area (Å²) in [5.41, 5.74) is 8.68. The molecule has 0 aliphatic rings. The number of aliphatic hydroxyl groups excluding tert-OH is 1. The molecular weight excluding hydrogens is 388 g/mol. The highest BCUT2D eigenvalue weighted by molar-refractivity contribution is 5.84. The first kappa shape index (κ1) is 22.3. The highest BCUT2D eigenvalue weighted by atomic mass is 16.3. The Morgan fingerprint density at radius 1 is 1.13 bits per heavy atom. The van der Waals surface area contributed by atoms with E-state index in [9.17, 15) is 9.90 Å². The molecule has 2 aromatic carbocycles. The van der Waals surface area contributed by atoms with Gasteiger partial charge in [-0.2, -0.15) is 5.10 Å². The van der Waals surface area contributed by atoms with Crippen LogP contribution in [-0.2, 0) is 4.79 Å². The fourth-order valence-electron chi connectivity index (χ4n) is 3.55. The first-order valence-corrected chi connectivity index (χ1v) is 10.4. The fourth-order valence-corrected chi connectivity index (χ4v) is 3.55. The number of anilines is 1. The standard InChI is InChI=1S/C25H30N4O2/c1-18-16-21(19(2)29(18)23-12-10-22(11-13-23)28(3)4)17-26-27-25(31)15-14-24(30)20-8-6-5-7-9-20/h5-13,16-17,24,30H,14-15H2,1-4H3,(H,27,31)/b26-17-/t24-/m1/s1. The Hall–Kier alpha value is -3.38. The van der Waals surface area contributed by atoms with E-state index in [1.54, 1.807) is 6.21 Å².